The lowest BCUT2D eigenvalue weighted by Gasteiger charge is -2.21. The van der Waals surface area contributed by atoms with Gasteiger partial charge in [0.15, 0.2) is 0 Å². The molecule has 0 saturated heterocycles. The Balaban J connectivity index is 1.81. The number of carboxylic acid groups (broad SMARTS) is 1. The van der Waals surface area contributed by atoms with E-state index in [9.17, 15) is 9.59 Å². The molecule has 0 aliphatic rings. The van der Waals surface area contributed by atoms with E-state index in [2.05, 4.69) is 74.3 Å². The third kappa shape index (κ3) is 7.83. The average molecular weight is 523 g/mol. The molecule has 1 aromatic heterocycles. The van der Waals surface area contributed by atoms with Crippen molar-refractivity contribution in [3.8, 4) is 16.9 Å². The Morgan fingerprint density at radius 2 is 1.65 bits per heavy atom. The second-order valence-electron chi connectivity index (χ2n) is 10.1. The summed E-state index contributed by atoms with van der Waals surface area (Å²) in [4.78, 5) is 26.8. The smallest absolute Gasteiger partial charge is 0.305 e. The van der Waals surface area contributed by atoms with Gasteiger partial charge >= 0.3 is 5.97 Å². The highest BCUT2D eigenvalue weighted by atomic mass is 32.1. The van der Waals surface area contributed by atoms with Crippen LogP contribution in [0.3, 0.4) is 0 Å². The molecule has 0 saturated carbocycles. The standard InChI is InChI=1S/C30H38N2O4S/c1-19(2)7-12-25(26-13-14-27(37-26)30(35)31-16-15-28(33)34)36-24-17-20(3)29(21(4)18-24)22-8-10-23(11-9-22)32(5)6/h8-11,13-14,17-19,25H,7,12,15-16H2,1-6H3,(H,31,35)(H,33,34). The second kappa shape index (κ2) is 12.8. The monoisotopic (exact) mass is 522 g/mol. The van der Waals surface area contributed by atoms with Gasteiger partial charge in [-0.3, -0.25) is 9.59 Å². The van der Waals surface area contributed by atoms with Gasteiger partial charge in [-0.25, -0.2) is 0 Å². The summed E-state index contributed by atoms with van der Waals surface area (Å²) in [6, 6.07) is 16.5. The van der Waals surface area contributed by atoms with Crippen molar-refractivity contribution < 1.29 is 19.4 Å². The number of amides is 1. The van der Waals surface area contributed by atoms with Gasteiger partial charge < -0.3 is 20.1 Å². The molecule has 3 rings (SSSR count). The van der Waals surface area contributed by atoms with Crippen molar-refractivity contribution in [2.24, 2.45) is 5.92 Å². The van der Waals surface area contributed by atoms with E-state index in [0.29, 0.717) is 10.8 Å². The minimum Gasteiger partial charge on any atom is -0.485 e. The minimum absolute atomic E-state index is 0.0986. The molecule has 3 aromatic rings. The van der Waals surface area contributed by atoms with E-state index in [-0.39, 0.29) is 25.0 Å². The number of aliphatic carboxylic acids is 1. The van der Waals surface area contributed by atoms with E-state index < -0.39 is 5.97 Å². The van der Waals surface area contributed by atoms with Gasteiger partial charge in [-0.15, -0.1) is 11.3 Å². The zero-order valence-electron chi connectivity index (χ0n) is 22.6. The normalized spacial score (nSPS) is 11.9. The van der Waals surface area contributed by atoms with Crippen LogP contribution in [-0.2, 0) is 4.79 Å². The molecule has 1 heterocycles. The van der Waals surface area contributed by atoms with Crippen LogP contribution in [0.25, 0.3) is 11.1 Å². The predicted molar refractivity (Wildman–Crippen MR) is 152 cm³/mol. The number of thiophene rings is 1. The summed E-state index contributed by atoms with van der Waals surface area (Å²) in [7, 11) is 4.07. The van der Waals surface area contributed by atoms with Crippen LogP contribution in [0.5, 0.6) is 5.75 Å². The van der Waals surface area contributed by atoms with Crippen molar-refractivity contribution >= 4 is 28.9 Å². The molecule has 0 bridgehead atoms. The minimum atomic E-state index is -0.934. The molecule has 37 heavy (non-hydrogen) atoms. The molecule has 198 valence electrons. The third-order valence-electron chi connectivity index (χ3n) is 6.26. The number of carboxylic acids is 1. The van der Waals surface area contributed by atoms with Crippen molar-refractivity contribution in [3.63, 3.8) is 0 Å². The Kier molecular flexibility index (Phi) is 9.75. The number of ether oxygens (including phenoxy) is 1. The van der Waals surface area contributed by atoms with E-state index in [0.717, 1.165) is 40.3 Å². The summed E-state index contributed by atoms with van der Waals surface area (Å²) in [5.41, 5.74) is 5.87. The highest BCUT2D eigenvalue weighted by molar-refractivity contribution is 7.14. The van der Waals surface area contributed by atoms with Crippen LogP contribution in [-0.4, -0.2) is 37.6 Å². The van der Waals surface area contributed by atoms with E-state index in [4.69, 9.17) is 9.84 Å². The Morgan fingerprint density at radius 3 is 2.22 bits per heavy atom. The van der Waals surface area contributed by atoms with Gasteiger partial charge in [-0.1, -0.05) is 26.0 Å². The molecule has 0 fully saturated rings. The van der Waals surface area contributed by atoms with E-state index in [1.165, 1.54) is 22.5 Å². The summed E-state index contributed by atoms with van der Waals surface area (Å²) in [5.74, 6) is 0.159. The van der Waals surface area contributed by atoms with Crippen LogP contribution in [0.2, 0.25) is 0 Å². The quantitative estimate of drug-likeness (QED) is 0.272. The van der Waals surface area contributed by atoms with E-state index >= 15 is 0 Å². The molecular formula is C30H38N2O4S. The van der Waals surface area contributed by atoms with Crippen molar-refractivity contribution in [3.05, 3.63) is 69.4 Å². The maximum atomic E-state index is 12.5. The number of aryl methyl sites for hydroxylation is 2. The first-order valence-electron chi connectivity index (χ1n) is 12.7. The molecule has 1 unspecified atom stereocenters. The number of anilines is 1. The SMILES string of the molecule is Cc1cc(OC(CCC(C)C)c2ccc(C(=O)NCCC(=O)O)s2)cc(C)c1-c1ccc(N(C)C)cc1. The number of nitrogens with one attached hydrogen (secondary N) is 1. The van der Waals surface area contributed by atoms with Crippen LogP contribution < -0.4 is 15.0 Å². The van der Waals surface area contributed by atoms with E-state index in [1.807, 2.05) is 20.2 Å². The summed E-state index contributed by atoms with van der Waals surface area (Å²) in [6.45, 7) is 8.72. The van der Waals surface area contributed by atoms with Gasteiger partial charge in [0.05, 0.1) is 11.3 Å². The summed E-state index contributed by atoms with van der Waals surface area (Å²) < 4.78 is 6.55. The maximum Gasteiger partial charge on any atom is 0.305 e. The summed E-state index contributed by atoms with van der Waals surface area (Å²) in [6.07, 6.45) is 1.57. The Morgan fingerprint density at radius 1 is 1.00 bits per heavy atom. The highest BCUT2D eigenvalue weighted by Crippen LogP contribution is 2.36. The molecule has 1 amide bonds. The van der Waals surface area contributed by atoms with Crippen LogP contribution >= 0.6 is 11.3 Å². The van der Waals surface area contributed by atoms with Crippen LogP contribution in [0.15, 0.2) is 48.5 Å². The zero-order valence-corrected chi connectivity index (χ0v) is 23.4. The van der Waals surface area contributed by atoms with Gasteiger partial charge in [-0.05, 0) is 91.3 Å². The van der Waals surface area contributed by atoms with Crippen LogP contribution in [0.1, 0.15) is 64.9 Å². The van der Waals surface area contributed by atoms with Gasteiger partial charge in [0.1, 0.15) is 11.9 Å². The van der Waals surface area contributed by atoms with Gasteiger partial charge in [0.25, 0.3) is 5.91 Å². The number of rotatable bonds is 12. The highest BCUT2D eigenvalue weighted by Gasteiger charge is 2.20. The fourth-order valence-electron chi connectivity index (χ4n) is 4.30. The molecule has 6 nitrogen and oxygen atoms in total. The van der Waals surface area contributed by atoms with Crippen molar-refractivity contribution in [1.82, 2.24) is 5.32 Å². The van der Waals surface area contributed by atoms with Crippen LogP contribution in [0.4, 0.5) is 5.69 Å². The van der Waals surface area contributed by atoms with E-state index in [1.54, 1.807) is 6.07 Å². The molecule has 0 aliphatic carbocycles. The molecular weight excluding hydrogens is 484 g/mol. The lowest BCUT2D eigenvalue weighted by molar-refractivity contribution is -0.136. The van der Waals surface area contributed by atoms with Crippen molar-refractivity contribution in [2.45, 2.75) is 53.1 Å². The maximum absolute atomic E-state index is 12.5. The molecule has 2 aromatic carbocycles. The topological polar surface area (TPSA) is 78.9 Å². The van der Waals surface area contributed by atoms with Crippen molar-refractivity contribution in [1.29, 1.82) is 0 Å². The zero-order chi connectivity index (χ0) is 27.1. The predicted octanol–water partition coefficient (Wildman–Crippen LogP) is 6.86. The first kappa shape index (κ1) is 28.3. The van der Waals surface area contributed by atoms with Crippen molar-refractivity contribution in [2.75, 3.05) is 25.5 Å². The summed E-state index contributed by atoms with van der Waals surface area (Å²) >= 11 is 1.40. The number of benzene rings is 2. The largest absolute Gasteiger partial charge is 0.485 e. The van der Waals surface area contributed by atoms with Crippen LogP contribution in [0, 0.1) is 19.8 Å². The number of carbonyl (C=O) groups is 2. The molecule has 0 aliphatic heterocycles. The summed E-state index contributed by atoms with van der Waals surface area (Å²) in [5, 5.41) is 11.5. The first-order valence-corrected chi connectivity index (χ1v) is 13.5. The first-order chi connectivity index (χ1) is 17.5. The molecule has 0 spiro atoms. The number of hydrogen-bond acceptors (Lipinski definition) is 5. The van der Waals surface area contributed by atoms with Gasteiger partial charge in [-0.2, -0.15) is 0 Å². The Labute approximate surface area is 224 Å². The second-order valence-corrected chi connectivity index (χ2v) is 11.2. The molecule has 7 heteroatoms. The van der Waals surface area contributed by atoms with Gasteiger partial charge in [0, 0.05) is 31.2 Å². The average Bonchev–Trinajstić information content (AvgIpc) is 3.31. The fourth-order valence-corrected chi connectivity index (χ4v) is 5.29. The number of nitrogens with zero attached hydrogens (tertiary/aromatic N) is 1. The van der Waals surface area contributed by atoms with Gasteiger partial charge in [0.2, 0.25) is 0 Å². The lowest BCUT2D eigenvalue weighted by atomic mass is 9.95. The third-order valence-corrected chi connectivity index (χ3v) is 7.43. The number of carbonyl (C=O) groups excluding carboxylic acids is 1. The molecule has 0 radical (unpaired) electrons. The lowest BCUT2D eigenvalue weighted by Crippen LogP contribution is -2.25. The fraction of sp³-hybridized carbons (Fsp3) is 0.400. The Hall–Kier alpha value is -3.32. The number of hydrogen-bond donors (Lipinski definition) is 2. The molecule has 2 N–H and O–H groups in total. The Bertz CT molecular complexity index is 1190. The molecule has 1 atom stereocenters.